The van der Waals surface area contributed by atoms with E-state index in [1.807, 2.05) is 0 Å². The highest BCUT2D eigenvalue weighted by molar-refractivity contribution is 5.33. The minimum Gasteiger partial charge on any atom is -0.307 e. The fourth-order valence-corrected chi connectivity index (χ4v) is 1.14. The first-order valence-electron chi connectivity index (χ1n) is 4.30. The smallest absolute Gasteiger partial charge is 0.250 e. The third kappa shape index (κ3) is 4.00. The second kappa shape index (κ2) is 5.37. The van der Waals surface area contributed by atoms with Crippen LogP contribution in [-0.4, -0.2) is 13.0 Å². The molecule has 0 saturated heterocycles. The van der Waals surface area contributed by atoms with Gasteiger partial charge in [-0.15, -0.1) is 0 Å². The van der Waals surface area contributed by atoms with Crippen LogP contribution in [0.15, 0.2) is 18.2 Å². The summed E-state index contributed by atoms with van der Waals surface area (Å²) in [6.45, 7) is -0.324. The van der Waals surface area contributed by atoms with E-state index in [0.29, 0.717) is 5.56 Å². The number of rotatable bonds is 4. The lowest BCUT2D eigenvalue weighted by Crippen LogP contribution is -2.20. The minimum absolute atomic E-state index is 0.122. The zero-order chi connectivity index (χ0) is 11.3. The van der Waals surface area contributed by atoms with Crippen LogP contribution in [0.3, 0.4) is 0 Å². The van der Waals surface area contributed by atoms with Gasteiger partial charge < -0.3 is 5.32 Å². The highest BCUT2D eigenvalue weighted by Crippen LogP contribution is 2.08. The van der Waals surface area contributed by atoms with E-state index < -0.39 is 18.8 Å². The van der Waals surface area contributed by atoms with E-state index >= 15 is 0 Å². The predicted molar refractivity (Wildman–Crippen MR) is 48.8 cm³/mol. The molecule has 0 radical (unpaired) electrons. The van der Waals surface area contributed by atoms with Gasteiger partial charge in [0.25, 0.3) is 6.43 Å². The van der Waals surface area contributed by atoms with E-state index in [1.165, 1.54) is 12.1 Å². The van der Waals surface area contributed by atoms with Gasteiger partial charge in [-0.3, -0.25) is 0 Å². The van der Waals surface area contributed by atoms with Crippen molar-refractivity contribution in [3.05, 3.63) is 35.1 Å². The van der Waals surface area contributed by atoms with Gasteiger partial charge in [-0.2, -0.15) is 5.26 Å². The first-order chi connectivity index (χ1) is 7.11. The van der Waals surface area contributed by atoms with Crippen LogP contribution in [-0.2, 0) is 6.54 Å². The highest BCUT2D eigenvalue weighted by Gasteiger charge is 2.03. The number of nitrogens with zero attached hydrogens (tertiary/aromatic N) is 1. The molecule has 1 aromatic carbocycles. The van der Waals surface area contributed by atoms with Gasteiger partial charge in [0.2, 0.25) is 0 Å². The minimum atomic E-state index is -2.44. The van der Waals surface area contributed by atoms with Gasteiger partial charge in [-0.05, 0) is 23.8 Å². The van der Waals surface area contributed by atoms with E-state index in [0.717, 1.165) is 6.07 Å². The summed E-state index contributed by atoms with van der Waals surface area (Å²) in [6.07, 6.45) is -2.44. The van der Waals surface area contributed by atoms with Gasteiger partial charge in [-0.1, -0.05) is 0 Å². The Labute approximate surface area is 85.3 Å². The molecule has 0 saturated carbocycles. The quantitative estimate of drug-likeness (QED) is 0.832. The van der Waals surface area contributed by atoms with Gasteiger partial charge in [0.05, 0.1) is 18.2 Å². The second-order valence-electron chi connectivity index (χ2n) is 2.98. The number of alkyl halides is 2. The van der Waals surface area contributed by atoms with Crippen molar-refractivity contribution < 1.29 is 13.2 Å². The summed E-state index contributed by atoms with van der Waals surface area (Å²) in [4.78, 5) is 0. The molecule has 0 aliphatic rings. The number of hydrogen-bond acceptors (Lipinski definition) is 2. The number of halogens is 3. The maximum absolute atomic E-state index is 12.9. The largest absolute Gasteiger partial charge is 0.307 e. The van der Waals surface area contributed by atoms with E-state index in [-0.39, 0.29) is 12.1 Å². The maximum atomic E-state index is 12.9. The van der Waals surface area contributed by atoms with Crippen molar-refractivity contribution in [3.8, 4) is 6.07 Å². The topological polar surface area (TPSA) is 35.8 Å². The Morgan fingerprint density at radius 3 is 2.67 bits per heavy atom. The molecule has 0 atom stereocenters. The molecule has 0 aromatic heterocycles. The van der Waals surface area contributed by atoms with Crippen LogP contribution >= 0.6 is 0 Å². The molecule has 0 unspecified atom stereocenters. The average molecular weight is 214 g/mol. The molecule has 1 rings (SSSR count). The lowest BCUT2D eigenvalue weighted by Gasteiger charge is -2.04. The standard InChI is InChI=1S/C10H9F3N2/c11-9-2-7(4-14)1-8(3-9)5-15-6-10(12)13/h1-3,10,15H,5-6H2. The normalized spacial score (nSPS) is 10.3. The zero-order valence-electron chi connectivity index (χ0n) is 7.80. The summed E-state index contributed by atoms with van der Waals surface area (Å²) in [5.41, 5.74) is 0.663. The van der Waals surface area contributed by atoms with Crippen LogP contribution in [0.1, 0.15) is 11.1 Å². The molecule has 0 heterocycles. The van der Waals surface area contributed by atoms with Crippen molar-refractivity contribution in [1.29, 1.82) is 5.26 Å². The van der Waals surface area contributed by atoms with Crippen LogP contribution < -0.4 is 5.32 Å². The second-order valence-corrected chi connectivity index (χ2v) is 2.98. The third-order valence-corrected chi connectivity index (χ3v) is 1.71. The van der Waals surface area contributed by atoms with Crippen LogP contribution in [0, 0.1) is 17.1 Å². The first-order valence-corrected chi connectivity index (χ1v) is 4.30. The van der Waals surface area contributed by atoms with E-state index in [9.17, 15) is 13.2 Å². The SMILES string of the molecule is N#Cc1cc(F)cc(CNCC(F)F)c1. The van der Waals surface area contributed by atoms with Crippen LogP contribution in [0.2, 0.25) is 0 Å². The van der Waals surface area contributed by atoms with Crippen molar-refractivity contribution in [1.82, 2.24) is 5.32 Å². The molecule has 0 fully saturated rings. The first kappa shape index (κ1) is 11.5. The third-order valence-electron chi connectivity index (χ3n) is 1.71. The summed E-state index contributed by atoms with van der Waals surface area (Å²) in [5, 5.41) is 11.0. The molecule has 2 nitrogen and oxygen atoms in total. The summed E-state index contributed by atoms with van der Waals surface area (Å²) < 4.78 is 36.4. The Balaban J connectivity index is 2.61. The number of benzene rings is 1. The van der Waals surface area contributed by atoms with Crippen molar-refractivity contribution >= 4 is 0 Å². The Kier molecular flexibility index (Phi) is 4.13. The molecule has 0 amide bonds. The monoisotopic (exact) mass is 214 g/mol. The fraction of sp³-hybridized carbons (Fsp3) is 0.300. The molecule has 5 heteroatoms. The average Bonchev–Trinajstić information content (AvgIpc) is 2.16. The van der Waals surface area contributed by atoms with Crippen molar-refractivity contribution in [2.45, 2.75) is 13.0 Å². The Morgan fingerprint density at radius 2 is 2.07 bits per heavy atom. The molecule has 0 bridgehead atoms. The van der Waals surface area contributed by atoms with Crippen LogP contribution in [0.4, 0.5) is 13.2 Å². The zero-order valence-corrected chi connectivity index (χ0v) is 7.80. The van der Waals surface area contributed by atoms with Gasteiger partial charge in [0.1, 0.15) is 5.82 Å². The maximum Gasteiger partial charge on any atom is 0.250 e. The number of nitriles is 1. The van der Waals surface area contributed by atoms with Gasteiger partial charge in [-0.25, -0.2) is 13.2 Å². The van der Waals surface area contributed by atoms with Crippen molar-refractivity contribution in [3.63, 3.8) is 0 Å². The Hall–Kier alpha value is -1.54. The van der Waals surface area contributed by atoms with E-state index in [4.69, 9.17) is 5.26 Å². The molecule has 1 aromatic rings. The fourth-order valence-electron chi connectivity index (χ4n) is 1.14. The predicted octanol–water partition coefficient (Wildman–Crippen LogP) is 2.05. The molecular formula is C10H9F3N2. The molecule has 15 heavy (non-hydrogen) atoms. The molecular weight excluding hydrogens is 205 g/mol. The summed E-state index contributed by atoms with van der Waals surface area (Å²) in [5.74, 6) is -0.539. The highest BCUT2D eigenvalue weighted by atomic mass is 19.3. The van der Waals surface area contributed by atoms with Gasteiger partial charge in [0.15, 0.2) is 0 Å². The van der Waals surface area contributed by atoms with Crippen molar-refractivity contribution in [2.24, 2.45) is 0 Å². The van der Waals surface area contributed by atoms with Gasteiger partial charge >= 0.3 is 0 Å². The number of nitrogens with one attached hydrogen (secondary N) is 1. The summed E-state index contributed by atoms with van der Waals surface area (Å²) in [6, 6.07) is 5.55. The summed E-state index contributed by atoms with van der Waals surface area (Å²) in [7, 11) is 0. The molecule has 1 N–H and O–H groups in total. The Bertz CT molecular complexity index is 371. The van der Waals surface area contributed by atoms with E-state index in [2.05, 4.69) is 5.32 Å². The van der Waals surface area contributed by atoms with E-state index in [1.54, 1.807) is 6.07 Å². The van der Waals surface area contributed by atoms with Crippen molar-refractivity contribution in [2.75, 3.05) is 6.54 Å². The molecule has 0 spiro atoms. The van der Waals surface area contributed by atoms with Gasteiger partial charge in [0, 0.05) is 6.54 Å². The Morgan fingerprint density at radius 1 is 1.33 bits per heavy atom. The molecule has 80 valence electrons. The molecule has 0 aliphatic heterocycles. The van der Waals surface area contributed by atoms with Crippen LogP contribution in [0.25, 0.3) is 0 Å². The summed E-state index contributed by atoms with van der Waals surface area (Å²) >= 11 is 0. The lowest BCUT2D eigenvalue weighted by molar-refractivity contribution is 0.145. The molecule has 0 aliphatic carbocycles. The number of hydrogen-bond donors (Lipinski definition) is 1. The van der Waals surface area contributed by atoms with Crippen LogP contribution in [0.5, 0.6) is 0 Å². The lowest BCUT2D eigenvalue weighted by atomic mass is 10.1.